The second-order valence-electron chi connectivity index (χ2n) is 6.95. The van der Waals surface area contributed by atoms with Crippen molar-refractivity contribution in [2.45, 2.75) is 51.9 Å². The summed E-state index contributed by atoms with van der Waals surface area (Å²) in [5.74, 6) is 0. The molecule has 1 N–H and O–H groups in total. The lowest BCUT2D eigenvalue weighted by Crippen LogP contribution is -2.20. The maximum absolute atomic E-state index is 5.14. The van der Waals surface area contributed by atoms with E-state index in [-0.39, 0.29) is 11.2 Å². The zero-order chi connectivity index (χ0) is 16.9. The van der Waals surface area contributed by atoms with Crippen molar-refractivity contribution in [2.75, 3.05) is 0 Å². The van der Waals surface area contributed by atoms with Gasteiger partial charge in [-0.15, -0.1) is 5.09 Å². The molecule has 0 radical (unpaired) electrons. The van der Waals surface area contributed by atoms with Gasteiger partial charge >= 0.3 is 0 Å². The van der Waals surface area contributed by atoms with Crippen molar-refractivity contribution >= 4 is 7.86 Å². The van der Waals surface area contributed by atoms with Crippen molar-refractivity contribution in [3.05, 3.63) is 71.8 Å². The van der Waals surface area contributed by atoms with E-state index in [1.165, 1.54) is 11.1 Å². The summed E-state index contributed by atoms with van der Waals surface area (Å²) < 4.78 is 5.14. The van der Waals surface area contributed by atoms with E-state index in [2.05, 4.69) is 100 Å². The van der Waals surface area contributed by atoms with Gasteiger partial charge in [0.2, 0.25) is 0 Å². The first-order chi connectivity index (χ1) is 10.9. The lowest BCUT2D eigenvalue weighted by molar-refractivity contribution is 0.694. The molecular formula is C20H28N2P+. The van der Waals surface area contributed by atoms with Crippen LogP contribution in [0.25, 0.3) is 0 Å². The van der Waals surface area contributed by atoms with Crippen molar-refractivity contribution < 1.29 is 0 Å². The third kappa shape index (κ3) is 5.27. The Labute approximate surface area is 141 Å². The highest BCUT2D eigenvalue weighted by Crippen LogP contribution is 2.43. The molecule has 3 heteroatoms. The van der Waals surface area contributed by atoms with Crippen molar-refractivity contribution in [3.8, 4) is 0 Å². The smallest absolute Gasteiger partial charge is 0.118 e. The molecule has 0 saturated heterocycles. The molecule has 0 saturated carbocycles. The van der Waals surface area contributed by atoms with Crippen LogP contribution in [0.5, 0.6) is 0 Å². The average molecular weight is 327 g/mol. The Kier molecular flexibility index (Phi) is 6.10. The van der Waals surface area contributed by atoms with Gasteiger partial charge in [-0.3, -0.25) is 0 Å². The molecule has 122 valence electrons. The first kappa shape index (κ1) is 17.8. The molecule has 2 rings (SSSR count). The summed E-state index contributed by atoms with van der Waals surface area (Å²) in [5, 5.41) is 3.90. The topological polar surface area (TPSA) is 24.4 Å². The van der Waals surface area contributed by atoms with Crippen LogP contribution in [-0.2, 0) is 0 Å². The largest absolute Gasteiger partial charge is 0.299 e. The summed E-state index contributed by atoms with van der Waals surface area (Å²) in [6.45, 7) is 11.2. The molecule has 0 aliphatic rings. The molecule has 0 amide bonds. The average Bonchev–Trinajstić information content (AvgIpc) is 2.54. The molecule has 0 aliphatic carbocycles. The Morgan fingerprint density at radius 2 is 1.30 bits per heavy atom. The van der Waals surface area contributed by atoms with E-state index in [4.69, 9.17) is 4.74 Å². The molecule has 0 spiro atoms. The third-order valence-corrected chi connectivity index (χ3v) is 6.30. The standard InChI is InChI=1S/C20H28N2P/c1-16(18-12-8-6-9-13-18)21-23(20(3,4)5)22-17(2)19-14-10-7-11-15-19/h6-17H,1-5H3,(H,21,22)/q+1. The molecular weight excluding hydrogens is 299 g/mol. The molecule has 0 aliphatic heterocycles. The van der Waals surface area contributed by atoms with Gasteiger partial charge in [0.1, 0.15) is 6.04 Å². The van der Waals surface area contributed by atoms with Gasteiger partial charge in [0.25, 0.3) is 7.86 Å². The Bertz CT molecular complexity index is 630. The number of nitrogens with zero attached hydrogens (tertiary/aromatic N) is 1. The first-order valence-corrected chi connectivity index (χ1v) is 9.54. The highest BCUT2D eigenvalue weighted by atomic mass is 31.1. The summed E-state index contributed by atoms with van der Waals surface area (Å²) in [6.07, 6.45) is 0. The van der Waals surface area contributed by atoms with E-state index in [1.54, 1.807) is 0 Å². The van der Waals surface area contributed by atoms with Gasteiger partial charge in [0.15, 0.2) is 5.16 Å². The van der Waals surface area contributed by atoms with Gasteiger partial charge in [-0.1, -0.05) is 65.4 Å². The van der Waals surface area contributed by atoms with Gasteiger partial charge in [-0.25, -0.2) is 0 Å². The fourth-order valence-corrected chi connectivity index (χ4v) is 4.17. The molecule has 2 aromatic carbocycles. The fourth-order valence-electron chi connectivity index (χ4n) is 2.37. The number of rotatable bonds is 5. The number of hydrogen-bond donors (Lipinski definition) is 1. The van der Waals surface area contributed by atoms with Crippen molar-refractivity contribution in [1.29, 1.82) is 0 Å². The lowest BCUT2D eigenvalue weighted by atomic mass is 10.1. The van der Waals surface area contributed by atoms with E-state index in [0.29, 0.717) is 6.04 Å². The molecule has 3 atom stereocenters. The zero-order valence-electron chi connectivity index (χ0n) is 14.8. The van der Waals surface area contributed by atoms with E-state index < -0.39 is 7.86 Å². The van der Waals surface area contributed by atoms with Crippen molar-refractivity contribution in [1.82, 2.24) is 5.09 Å². The lowest BCUT2D eigenvalue weighted by Gasteiger charge is -2.16. The van der Waals surface area contributed by atoms with Crippen LogP contribution < -0.4 is 5.09 Å². The van der Waals surface area contributed by atoms with Crippen LogP contribution in [-0.4, -0.2) is 5.16 Å². The minimum absolute atomic E-state index is 0.126. The van der Waals surface area contributed by atoms with Gasteiger partial charge in [-0.2, -0.15) is 0 Å². The summed E-state index contributed by atoms with van der Waals surface area (Å²) in [5.41, 5.74) is 2.59. The van der Waals surface area contributed by atoms with Crippen LogP contribution in [0.15, 0.2) is 65.4 Å². The van der Waals surface area contributed by atoms with Gasteiger partial charge in [-0.05, 0) is 45.7 Å². The first-order valence-electron chi connectivity index (χ1n) is 8.25. The Morgan fingerprint density at radius 3 is 1.78 bits per heavy atom. The van der Waals surface area contributed by atoms with Gasteiger partial charge in [0.05, 0.1) is 6.04 Å². The molecule has 2 nitrogen and oxygen atoms in total. The molecule has 0 bridgehead atoms. The second-order valence-corrected chi connectivity index (χ2v) is 9.40. The van der Waals surface area contributed by atoms with E-state index >= 15 is 0 Å². The summed E-state index contributed by atoms with van der Waals surface area (Å²) in [4.78, 5) is 0. The zero-order valence-corrected chi connectivity index (χ0v) is 15.7. The van der Waals surface area contributed by atoms with E-state index in [1.807, 2.05) is 0 Å². The third-order valence-electron chi connectivity index (χ3n) is 3.82. The van der Waals surface area contributed by atoms with E-state index in [9.17, 15) is 0 Å². The Hall–Kier alpha value is -1.50. The molecule has 23 heavy (non-hydrogen) atoms. The maximum atomic E-state index is 5.14. The molecule has 0 aromatic heterocycles. The number of nitrogens with one attached hydrogen (secondary N) is 1. The molecule has 3 unspecified atom stereocenters. The SMILES string of the molecule is CC(N=[P+](NC(C)c1ccccc1)C(C)(C)C)c1ccccc1. The van der Waals surface area contributed by atoms with Crippen LogP contribution in [0.1, 0.15) is 57.8 Å². The summed E-state index contributed by atoms with van der Waals surface area (Å²) in [6, 6.07) is 21.6. The Morgan fingerprint density at radius 1 is 0.826 bits per heavy atom. The van der Waals surface area contributed by atoms with Crippen molar-refractivity contribution in [2.24, 2.45) is 4.74 Å². The van der Waals surface area contributed by atoms with Crippen LogP contribution in [0.2, 0.25) is 0 Å². The summed E-state index contributed by atoms with van der Waals surface area (Å²) in [7, 11) is -0.653. The fraction of sp³-hybridized carbons (Fsp3) is 0.400. The predicted molar refractivity (Wildman–Crippen MR) is 102 cm³/mol. The van der Waals surface area contributed by atoms with E-state index in [0.717, 1.165) is 0 Å². The van der Waals surface area contributed by atoms with Crippen molar-refractivity contribution in [3.63, 3.8) is 0 Å². The molecule has 0 fully saturated rings. The van der Waals surface area contributed by atoms with Crippen LogP contribution >= 0.6 is 7.86 Å². The second kappa shape index (κ2) is 7.86. The number of benzene rings is 2. The maximum Gasteiger partial charge on any atom is 0.299 e. The van der Waals surface area contributed by atoms with Gasteiger partial charge in [0, 0.05) is 0 Å². The quantitative estimate of drug-likeness (QED) is 0.625. The highest BCUT2D eigenvalue weighted by Gasteiger charge is 2.34. The minimum Gasteiger partial charge on any atom is -0.118 e. The summed E-state index contributed by atoms with van der Waals surface area (Å²) >= 11 is 0. The minimum atomic E-state index is -0.653. The Balaban J connectivity index is 2.22. The van der Waals surface area contributed by atoms with Crippen LogP contribution in [0, 0.1) is 0 Å². The predicted octanol–water partition coefficient (Wildman–Crippen LogP) is 6.48. The van der Waals surface area contributed by atoms with Gasteiger partial charge < -0.3 is 0 Å². The monoisotopic (exact) mass is 327 g/mol. The normalized spacial score (nSPS) is 15.3. The molecule has 2 aromatic rings. The van der Waals surface area contributed by atoms with Crippen LogP contribution in [0.4, 0.5) is 0 Å². The number of hydrogen-bond acceptors (Lipinski definition) is 1. The van der Waals surface area contributed by atoms with Crippen LogP contribution in [0.3, 0.4) is 0 Å². The highest BCUT2D eigenvalue weighted by molar-refractivity contribution is 7.46. The molecule has 0 heterocycles.